The Balaban J connectivity index is 1.34. The third kappa shape index (κ3) is 7.89. The molecular formula is C36H41N3O4. The van der Waals surface area contributed by atoms with Crippen molar-refractivity contribution in [2.75, 3.05) is 18.9 Å². The zero-order valence-corrected chi connectivity index (χ0v) is 25.0. The molecule has 0 spiro atoms. The summed E-state index contributed by atoms with van der Waals surface area (Å²) in [5.74, 6) is 0.0618. The van der Waals surface area contributed by atoms with Crippen molar-refractivity contribution in [1.29, 1.82) is 0 Å². The van der Waals surface area contributed by atoms with E-state index in [1.807, 2.05) is 84.9 Å². The van der Waals surface area contributed by atoms with Gasteiger partial charge in [0.1, 0.15) is 0 Å². The van der Waals surface area contributed by atoms with Crippen LogP contribution in [0, 0.1) is 5.92 Å². The van der Waals surface area contributed by atoms with Gasteiger partial charge in [0.25, 0.3) is 0 Å². The molecule has 1 saturated heterocycles. The molecule has 5 rings (SSSR count). The highest BCUT2D eigenvalue weighted by Crippen LogP contribution is 2.42. The SMILES string of the molecule is CC1C(CN(C)C(C)c2ccccc2)OC(c2cccc(NC(=O)NCc3ccccc3)c2)OC1c1ccc(CO)cc1. The van der Waals surface area contributed by atoms with Crippen LogP contribution in [0.2, 0.25) is 0 Å². The van der Waals surface area contributed by atoms with Gasteiger partial charge < -0.3 is 25.2 Å². The second-order valence-electron chi connectivity index (χ2n) is 11.3. The Bertz CT molecular complexity index is 1450. The predicted molar refractivity (Wildman–Crippen MR) is 169 cm³/mol. The van der Waals surface area contributed by atoms with Gasteiger partial charge >= 0.3 is 6.03 Å². The summed E-state index contributed by atoms with van der Waals surface area (Å²) in [6.07, 6.45) is -0.968. The minimum absolute atomic E-state index is 0.00337. The van der Waals surface area contributed by atoms with Crippen LogP contribution in [0.15, 0.2) is 109 Å². The Kier molecular flexibility index (Phi) is 10.2. The number of ether oxygens (including phenoxy) is 2. The van der Waals surface area contributed by atoms with Gasteiger partial charge in [0.2, 0.25) is 0 Å². The first-order valence-corrected chi connectivity index (χ1v) is 14.9. The highest BCUT2D eigenvalue weighted by molar-refractivity contribution is 5.89. The minimum atomic E-state index is -0.627. The molecule has 1 heterocycles. The smallest absolute Gasteiger partial charge is 0.319 e. The van der Waals surface area contributed by atoms with E-state index < -0.39 is 6.29 Å². The number of nitrogens with one attached hydrogen (secondary N) is 2. The van der Waals surface area contributed by atoms with Crippen molar-refractivity contribution in [1.82, 2.24) is 10.2 Å². The van der Waals surface area contributed by atoms with Crippen molar-refractivity contribution in [2.45, 2.75) is 51.5 Å². The topological polar surface area (TPSA) is 83.1 Å². The number of amides is 2. The van der Waals surface area contributed by atoms with E-state index in [0.717, 1.165) is 22.3 Å². The molecule has 7 heteroatoms. The lowest BCUT2D eigenvalue weighted by molar-refractivity contribution is -0.276. The van der Waals surface area contributed by atoms with E-state index in [4.69, 9.17) is 9.47 Å². The van der Waals surface area contributed by atoms with Crippen molar-refractivity contribution in [3.05, 3.63) is 137 Å². The molecule has 1 fully saturated rings. The molecule has 1 aliphatic rings. The molecular weight excluding hydrogens is 538 g/mol. The van der Waals surface area contributed by atoms with Gasteiger partial charge in [-0.1, -0.05) is 104 Å². The van der Waals surface area contributed by atoms with E-state index in [1.54, 1.807) is 0 Å². The van der Waals surface area contributed by atoms with Crippen LogP contribution in [0.1, 0.15) is 60.1 Å². The normalized spacial score (nSPS) is 20.9. The molecule has 4 aromatic rings. The van der Waals surface area contributed by atoms with Gasteiger partial charge in [-0.3, -0.25) is 4.90 Å². The maximum absolute atomic E-state index is 12.7. The summed E-state index contributed by atoms with van der Waals surface area (Å²) in [5, 5.41) is 15.4. The minimum Gasteiger partial charge on any atom is -0.392 e. The van der Waals surface area contributed by atoms with Crippen LogP contribution in [0.5, 0.6) is 0 Å². The highest BCUT2D eigenvalue weighted by Gasteiger charge is 2.39. The molecule has 0 aliphatic carbocycles. The number of likely N-dealkylation sites (N-methyl/N-ethyl adjacent to an activating group) is 1. The standard InChI is InChI=1S/C36H41N3O4/c1-25-33(23-39(3)26(2)29-13-8-5-9-14-29)42-35(43-34(25)30-19-17-28(24-40)18-20-30)31-15-10-16-32(21-31)38-36(41)37-22-27-11-6-4-7-12-27/h4-21,25-26,33-35,40H,22-24H2,1-3H3,(H2,37,38,41). The number of carbonyl (C=O) groups excluding carboxylic acids is 1. The average Bonchev–Trinajstić information content (AvgIpc) is 3.05. The van der Waals surface area contributed by atoms with Crippen LogP contribution >= 0.6 is 0 Å². The van der Waals surface area contributed by atoms with Crippen molar-refractivity contribution >= 4 is 11.7 Å². The number of hydrogen-bond donors (Lipinski definition) is 3. The van der Waals surface area contributed by atoms with E-state index in [-0.39, 0.29) is 36.8 Å². The summed E-state index contributed by atoms with van der Waals surface area (Å²) in [4.78, 5) is 15.0. The van der Waals surface area contributed by atoms with E-state index in [1.165, 1.54) is 5.56 Å². The number of nitrogens with zero attached hydrogens (tertiary/aromatic N) is 1. The number of aliphatic hydroxyl groups excluding tert-OH is 1. The monoisotopic (exact) mass is 579 g/mol. The Hall–Kier alpha value is -4.01. The number of urea groups is 1. The van der Waals surface area contributed by atoms with Gasteiger partial charge in [0, 0.05) is 36.3 Å². The lowest BCUT2D eigenvalue weighted by Gasteiger charge is -2.43. The third-order valence-electron chi connectivity index (χ3n) is 8.25. The Labute approximate surface area is 254 Å². The Morgan fingerprint density at radius 3 is 2.26 bits per heavy atom. The zero-order valence-electron chi connectivity index (χ0n) is 25.0. The number of aliphatic hydroxyl groups is 1. The predicted octanol–water partition coefficient (Wildman–Crippen LogP) is 6.99. The molecule has 224 valence electrons. The maximum atomic E-state index is 12.7. The van der Waals surface area contributed by atoms with E-state index in [2.05, 4.69) is 60.7 Å². The summed E-state index contributed by atoms with van der Waals surface area (Å²) in [5.41, 5.74) is 5.66. The summed E-state index contributed by atoms with van der Waals surface area (Å²) < 4.78 is 13.3. The molecule has 3 N–H and O–H groups in total. The quantitative estimate of drug-likeness (QED) is 0.189. The fourth-order valence-electron chi connectivity index (χ4n) is 5.47. The van der Waals surface area contributed by atoms with Crippen LogP contribution in [0.25, 0.3) is 0 Å². The van der Waals surface area contributed by atoms with Crippen LogP contribution < -0.4 is 10.6 Å². The first-order valence-electron chi connectivity index (χ1n) is 14.9. The van der Waals surface area contributed by atoms with Gasteiger partial charge in [-0.05, 0) is 48.4 Å². The molecule has 0 radical (unpaired) electrons. The highest BCUT2D eigenvalue weighted by atomic mass is 16.7. The number of carbonyl (C=O) groups is 1. The maximum Gasteiger partial charge on any atom is 0.319 e. The van der Waals surface area contributed by atoms with Gasteiger partial charge in [0.05, 0.1) is 18.8 Å². The third-order valence-corrected chi connectivity index (χ3v) is 8.25. The van der Waals surface area contributed by atoms with E-state index in [9.17, 15) is 9.90 Å². The molecule has 0 bridgehead atoms. The molecule has 5 atom stereocenters. The number of rotatable bonds is 10. The van der Waals surface area contributed by atoms with Crippen molar-refractivity contribution < 1.29 is 19.4 Å². The van der Waals surface area contributed by atoms with Gasteiger partial charge in [-0.15, -0.1) is 0 Å². The first-order chi connectivity index (χ1) is 20.9. The van der Waals surface area contributed by atoms with E-state index >= 15 is 0 Å². The lowest BCUT2D eigenvalue weighted by Crippen LogP contribution is -2.44. The van der Waals surface area contributed by atoms with Gasteiger partial charge in [-0.2, -0.15) is 0 Å². The van der Waals surface area contributed by atoms with Crippen LogP contribution in [0.4, 0.5) is 10.5 Å². The number of anilines is 1. The van der Waals surface area contributed by atoms with Gasteiger partial charge in [0.15, 0.2) is 6.29 Å². The van der Waals surface area contributed by atoms with Crippen LogP contribution in [0.3, 0.4) is 0 Å². The number of benzene rings is 4. The molecule has 2 amide bonds. The number of hydrogen-bond acceptors (Lipinski definition) is 5. The van der Waals surface area contributed by atoms with Crippen molar-refractivity contribution in [3.63, 3.8) is 0 Å². The van der Waals surface area contributed by atoms with Crippen molar-refractivity contribution in [2.24, 2.45) is 5.92 Å². The van der Waals surface area contributed by atoms with Crippen molar-refractivity contribution in [3.8, 4) is 0 Å². The van der Waals surface area contributed by atoms with Crippen LogP contribution in [-0.2, 0) is 22.6 Å². The van der Waals surface area contributed by atoms with Gasteiger partial charge in [-0.25, -0.2) is 4.79 Å². The second kappa shape index (κ2) is 14.4. The zero-order chi connectivity index (χ0) is 30.2. The summed E-state index contributed by atoms with van der Waals surface area (Å²) in [7, 11) is 2.13. The summed E-state index contributed by atoms with van der Waals surface area (Å²) in [6, 6.07) is 35.8. The Morgan fingerprint density at radius 2 is 1.56 bits per heavy atom. The molecule has 43 heavy (non-hydrogen) atoms. The fraction of sp³-hybridized carbons (Fsp3) is 0.306. The average molecular weight is 580 g/mol. The summed E-state index contributed by atoms with van der Waals surface area (Å²) >= 11 is 0. The second-order valence-corrected chi connectivity index (χ2v) is 11.3. The molecule has 7 nitrogen and oxygen atoms in total. The molecule has 0 aromatic heterocycles. The molecule has 4 aromatic carbocycles. The largest absolute Gasteiger partial charge is 0.392 e. The first kappa shape index (κ1) is 30.4. The molecule has 5 unspecified atom stereocenters. The molecule has 0 saturated carbocycles. The van der Waals surface area contributed by atoms with Crippen LogP contribution in [-0.4, -0.2) is 35.7 Å². The summed E-state index contributed by atoms with van der Waals surface area (Å²) in [6.45, 7) is 5.52. The fourth-order valence-corrected chi connectivity index (χ4v) is 5.47. The lowest BCUT2D eigenvalue weighted by atomic mass is 9.89. The van der Waals surface area contributed by atoms with E-state index in [0.29, 0.717) is 18.8 Å². The Morgan fingerprint density at radius 1 is 0.860 bits per heavy atom. The molecule has 1 aliphatic heterocycles.